The van der Waals surface area contributed by atoms with E-state index >= 15 is 0 Å². The van der Waals surface area contributed by atoms with Crippen molar-refractivity contribution in [2.24, 2.45) is 5.92 Å². The summed E-state index contributed by atoms with van der Waals surface area (Å²) in [5.41, 5.74) is 0.307. The first-order chi connectivity index (χ1) is 11.1. The van der Waals surface area contributed by atoms with Gasteiger partial charge in [-0.25, -0.2) is 0 Å². The molecule has 1 aliphatic heterocycles. The van der Waals surface area contributed by atoms with Gasteiger partial charge in [0.2, 0.25) is 5.91 Å². The van der Waals surface area contributed by atoms with Gasteiger partial charge >= 0.3 is 0 Å². The zero-order chi connectivity index (χ0) is 16.4. The summed E-state index contributed by atoms with van der Waals surface area (Å²) in [5, 5.41) is 8.67. The fraction of sp³-hybridized carbons (Fsp3) is 0.529. The number of hydrogen-bond acceptors (Lipinski definition) is 4. The second-order valence-electron chi connectivity index (χ2n) is 6.43. The van der Waals surface area contributed by atoms with E-state index in [1.54, 1.807) is 18.2 Å². The Hall–Kier alpha value is -2.24. The third-order valence-electron chi connectivity index (χ3n) is 4.41. The Morgan fingerprint density at radius 2 is 1.83 bits per heavy atom. The molecule has 6 nitrogen and oxygen atoms in total. The molecule has 2 aromatic rings. The molecular weight excluding hydrogens is 292 g/mol. The SMILES string of the molecule is CC(C)[C@@H](C(=O)N1CCCCC1)n1nnc2ccccc2c1=O. The second kappa shape index (κ2) is 6.48. The van der Waals surface area contributed by atoms with E-state index in [2.05, 4.69) is 10.3 Å². The van der Waals surface area contributed by atoms with Gasteiger partial charge in [0, 0.05) is 13.1 Å². The molecule has 0 N–H and O–H groups in total. The average molecular weight is 314 g/mol. The van der Waals surface area contributed by atoms with Gasteiger partial charge in [-0.2, -0.15) is 4.68 Å². The highest BCUT2D eigenvalue weighted by molar-refractivity contribution is 5.81. The number of fused-ring (bicyclic) bond motifs is 1. The van der Waals surface area contributed by atoms with Gasteiger partial charge in [0.15, 0.2) is 0 Å². The fourth-order valence-corrected chi connectivity index (χ4v) is 3.16. The molecule has 1 aliphatic rings. The Morgan fingerprint density at radius 1 is 1.13 bits per heavy atom. The van der Waals surface area contributed by atoms with E-state index in [4.69, 9.17) is 0 Å². The molecule has 0 unspecified atom stereocenters. The van der Waals surface area contributed by atoms with Crippen LogP contribution in [0.1, 0.15) is 39.2 Å². The lowest BCUT2D eigenvalue weighted by Crippen LogP contribution is -2.45. The normalized spacial score (nSPS) is 16.7. The van der Waals surface area contributed by atoms with Gasteiger partial charge in [-0.05, 0) is 37.3 Å². The number of amides is 1. The number of carbonyl (C=O) groups excluding carboxylic acids is 1. The van der Waals surface area contributed by atoms with Gasteiger partial charge < -0.3 is 4.90 Å². The first kappa shape index (κ1) is 15.6. The van der Waals surface area contributed by atoms with E-state index in [0.717, 1.165) is 32.4 Å². The topological polar surface area (TPSA) is 68.1 Å². The quantitative estimate of drug-likeness (QED) is 0.869. The van der Waals surface area contributed by atoms with Crippen molar-refractivity contribution in [2.75, 3.05) is 13.1 Å². The Bertz CT molecular complexity index is 763. The van der Waals surface area contributed by atoms with Gasteiger partial charge in [-0.1, -0.05) is 31.2 Å². The minimum atomic E-state index is -0.599. The third kappa shape index (κ3) is 2.98. The zero-order valence-electron chi connectivity index (χ0n) is 13.6. The van der Waals surface area contributed by atoms with E-state index in [0.29, 0.717) is 10.9 Å². The number of nitrogens with zero attached hydrogens (tertiary/aromatic N) is 4. The fourth-order valence-electron chi connectivity index (χ4n) is 3.16. The van der Waals surface area contributed by atoms with Gasteiger partial charge in [0.1, 0.15) is 11.6 Å². The van der Waals surface area contributed by atoms with E-state index in [1.165, 1.54) is 4.68 Å². The van der Waals surface area contributed by atoms with Crippen LogP contribution in [0.5, 0.6) is 0 Å². The summed E-state index contributed by atoms with van der Waals surface area (Å²) in [7, 11) is 0. The molecule has 3 rings (SSSR count). The van der Waals surface area contributed by atoms with Gasteiger partial charge in [-0.3, -0.25) is 9.59 Å². The molecule has 1 aromatic heterocycles. The number of likely N-dealkylation sites (tertiary alicyclic amines) is 1. The lowest BCUT2D eigenvalue weighted by Gasteiger charge is -2.31. The van der Waals surface area contributed by atoms with Crippen LogP contribution in [0, 0.1) is 5.92 Å². The summed E-state index contributed by atoms with van der Waals surface area (Å²) in [6, 6.07) is 6.50. The van der Waals surface area contributed by atoms with Crippen molar-refractivity contribution in [1.82, 2.24) is 19.9 Å². The molecule has 1 fully saturated rings. The number of carbonyl (C=O) groups is 1. The van der Waals surface area contributed by atoms with Crippen LogP contribution < -0.4 is 5.56 Å². The maximum atomic E-state index is 12.9. The molecule has 0 bridgehead atoms. The van der Waals surface area contributed by atoms with Gasteiger partial charge in [0.05, 0.1) is 5.39 Å². The van der Waals surface area contributed by atoms with Crippen molar-refractivity contribution in [3.05, 3.63) is 34.6 Å². The smallest absolute Gasteiger partial charge is 0.278 e. The summed E-state index contributed by atoms with van der Waals surface area (Å²) in [5.74, 6) is -0.0519. The molecule has 1 amide bonds. The van der Waals surface area contributed by atoms with Crippen LogP contribution in [0.15, 0.2) is 29.1 Å². The summed E-state index contributed by atoms with van der Waals surface area (Å²) < 4.78 is 1.27. The number of rotatable bonds is 3. The minimum Gasteiger partial charge on any atom is -0.341 e. The van der Waals surface area contributed by atoms with E-state index in [-0.39, 0.29) is 17.4 Å². The maximum absolute atomic E-state index is 12.9. The second-order valence-corrected chi connectivity index (χ2v) is 6.43. The Labute approximate surface area is 135 Å². The van der Waals surface area contributed by atoms with Crippen molar-refractivity contribution in [3.8, 4) is 0 Å². The molecule has 122 valence electrons. The van der Waals surface area contributed by atoms with Crippen molar-refractivity contribution in [1.29, 1.82) is 0 Å². The van der Waals surface area contributed by atoms with Gasteiger partial charge in [-0.15, -0.1) is 5.10 Å². The highest BCUT2D eigenvalue weighted by atomic mass is 16.2. The molecule has 1 aromatic carbocycles. The summed E-state index contributed by atoms with van der Waals surface area (Å²) in [6.07, 6.45) is 3.20. The highest BCUT2D eigenvalue weighted by Gasteiger charge is 2.31. The Balaban J connectivity index is 2.03. The molecular formula is C17H22N4O2. The van der Waals surface area contributed by atoms with Crippen LogP contribution in [0.3, 0.4) is 0 Å². The average Bonchev–Trinajstić information content (AvgIpc) is 2.58. The van der Waals surface area contributed by atoms with Crippen molar-refractivity contribution in [2.45, 2.75) is 39.2 Å². The Kier molecular flexibility index (Phi) is 4.41. The highest BCUT2D eigenvalue weighted by Crippen LogP contribution is 2.21. The van der Waals surface area contributed by atoms with Crippen LogP contribution in [-0.2, 0) is 4.79 Å². The van der Waals surface area contributed by atoms with Crippen LogP contribution in [-0.4, -0.2) is 38.9 Å². The number of piperidine rings is 1. The lowest BCUT2D eigenvalue weighted by molar-refractivity contribution is -0.137. The van der Waals surface area contributed by atoms with Gasteiger partial charge in [0.25, 0.3) is 5.56 Å². The van der Waals surface area contributed by atoms with Crippen molar-refractivity contribution in [3.63, 3.8) is 0 Å². The monoisotopic (exact) mass is 314 g/mol. The van der Waals surface area contributed by atoms with E-state index in [1.807, 2.05) is 24.8 Å². The summed E-state index contributed by atoms with van der Waals surface area (Å²) >= 11 is 0. The van der Waals surface area contributed by atoms with Crippen LogP contribution in [0.25, 0.3) is 10.9 Å². The first-order valence-electron chi connectivity index (χ1n) is 8.22. The van der Waals surface area contributed by atoms with E-state index in [9.17, 15) is 9.59 Å². The largest absolute Gasteiger partial charge is 0.341 e. The maximum Gasteiger partial charge on any atom is 0.278 e. The molecule has 0 spiro atoms. The van der Waals surface area contributed by atoms with Crippen LogP contribution in [0.4, 0.5) is 0 Å². The molecule has 0 saturated carbocycles. The molecule has 0 radical (unpaired) electrons. The number of benzene rings is 1. The predicted octanol–water partition coefficient (Wildman–Crippen LogP) is 2.00. The standard InChI is InChI=1S/C17H22N4O2/c1-12(2)15(17(23)20-10-6-3-7-11-20)21-16(22)13-8-4-5-9-14(13)18-19-21/h4-5,8-9,12,15H,3,6-7,10-11H2,1-2H3/t15-/m0/s1. The molecule has 23 heavy (non-hydrogen) atoms. The van der Waals surface area contributed by atoms with Crippen molar-refractivity contribution < 1.29 is 4.79 Å². The molecule has 2 heterocycles. The third-order valence-corrected chi connectivity index (χ3v) is 4.41. The lowest BCUT2D eigenvalue weighted by atomic mass is 10.0. The number of hydrogen-bond donors (Lipinski definition) is 0. The number of aromatic nitrogens is 3. The summed E-state index contributed by atoms with van der Waals surface area (Å²) in [4.78, 5) is 27.5. The van der Waals surface area contributed by atoms with Crippen LogP contribution >= 0.6 is 0 Å². The zero-order valence-corrected chi connectivity index (χ0v) is 13.6. The first-order valence-corrected chi connectivity index (χ1v) is 8.22. The molecule has 1 atom stereocenters. The van der Waals surface area contributed by atoms with E-state index < -0.39 is 6.04 Å². The minimum absolute atomic E-state index is 0.0219. The predicted molar refractivity (Wildman–Crippen MR) is 88.1 cm³/mol. The Morgan fingerprint density at radius 3 is 2.52 bits per heavy atom. The molecule has 6 heteroatoms. The summed E-state index contributed by atoms with van der Waals surface area (Å²) in [6.45, 7) is 5.40. The molecule has 1 saturated heterocycles. The van der Waals surface area contributed by atoms with Crippen molar-refractivity contribution >= 4 is 16.8 Å². The van der Waals surface area contributed by atoms with Crippen LogP contribution in [0.2, 0.25) is 0 Å². The molecule has 0 aliphatic carbocycles.